The zero-order valence-electron chi connectivity index (χ0n) is 8.59. The Hall–Kier alpha value is -1.61. The molecule has 3 nitrogen and oxygen atoms in total. The SMILES string of the molecule is C[C@@H](/C=C/C(=O)O)OCc1ccccc1. The molecule has 0 amide bonds. The van der Waals surface area contributed by atoms with Gasteiger partial charge in [-0.15, -0.1) is 0 Å². The van der Waals surface area contributed by atoms with E-state index in [4.69, 9.17) is 9.84 Å². The number of rotatable bonds is 5. The summed E-state index contributed by atoms with van der Waals surface area (Å²) in [5.74, 6) is -0.954. The molecule has 3 heteroatoms. The van der Waals surface area contributed by atoms with Crippen LogP contribution in [0.5, 0.6) is 0 Å². The molecule has 0 bridgehead atoms. The molecule has 0 spiro atoms. The van der Waals surface area contributed by atoms with Crippen molar-refractivity contribution in [3.8, 4) is 0 Å². The van der Waals surface area contributed by atoms with Crippen molar-refractivity contribution in [1.82, 2.24) is 0 Å². The summed E-state index contributed by atoms with van der Waals surface area (Å²) in [4.78, 5) is 10.2. The molecule has 1 atom stereocenters. The van der Waals surface area contributed by atoms with E-state index >= 15 is 0 Å². The van der Waals surface area contributed by atoms with E-state index in [0.717, 1.165) is 11.6 Å². The lowest BCUT2D eigenvalue weighted by molar-refractivity contribution is -0.131. The molecule has 0 aliphatic rings. The van der Waals surface area contributed by atoms with Crippen LogP contribution in [0.25, 0.3) is 0 Å². The van der Waals surface area contributed by atoms with E-state index in [2.05, 4.69) is 0 Å². The van der Waals surface area contributed by atoms with Gasteiger partial charge in [-0.1, -0.05) is 30.3 Å². The Morgan fingerprint density at radius 3 is 2.73 bits per heavy atom. The summed E-state index contributed by atoms with van der Waals surface area (Å²) in [5, 5.41) is 8.41. The number of benzene rings is 1. The first-order valence-corrected chi connectivity index (χ1v) is 4.75. The van der Waals surface area contributed by atoms with Crippen molar-refractivity contribution >= 4 is 5.97 Å². The van der Waals surface area contributed by atoms with Gasteiger partial charge >= 0.3 is 5.97 Å². The van der Waals surface area contributed by atoms with E-state index in [9.17, 15) is 4.79 Å². The normalized spacial score (nSPS) is 12.9. The van der Waals surface area contributed by atoms with E-state index in [0.29, 0.717) is 6.61 Å². The fourth-order valence-electron chi connectivity index (χ4n) is 1.08. The molecular formula is C12H14O3. The van der Waals surface area contributed by atoms with Crippen LogP contribution in [0.15, 0.2) is 42.5 Å². The van der Waals surface area contributed by atoms with Crippen LogP contribution in [0, 0.1) is 0 Å². The number of carboxylic acid groups (broad SMARTS) is 1. The summed E-state index contributed by atoms with van der Waals surface area (Å²) in [6, 6.07) is 9.76. The monoisotopic (exact) mass is 206 g/mol. The zero-order chi connectivity index (χ0) is 11.1. The molecule has 80 valence electrons. The fraction of sp³-hybridized carbons (Fsp3) is 0.250. The summed E-state index contributed by atoms with van der Waals surface area (Å²) in [6.07, 6.45) is 2.42. The Balaban J connectivity index is 2.34. The second-order valence-corrected chi connectivity index (χ2v) is 3.20. The predicted octanol–water partition coefficient (Wildman–Crippen LogP) is 2.23. The first kappa shape index (κ1) is 11.5. The molecule has 1 N–H and O–H groups in total. The minimum atomic E-state index is -0.954. The summed E-state index contributed by atoms with van der Waals surface area (Å²) in [7, 11) is 0. The van der Waals surface area contributed by atoms with Crippen molar-refractivity contribution in [1.29, 1.82) is 0 Å². The molecule has 0 saturated carbocycles. The van der Waals surface area contributed by atoms with Gasteiger partial charge in [0.05, 0.1) is 12.7 Å². The third-order valence-corrected chi connectivity index (χ3v) is 1.87. The number of ether oxygens (including phenoxy) is 1. The van der Waals surface area contributed by atoms with Gasteiger partial charge in [-0.2, -0.15) is 0 Å². The first-order chi connectivity index (χ1) is 7.18. The topological polar surface area (TPSA) is 46.5 Å². The third-order valence-electron chi connectivity index (χ3n) is 1.87. The molecule has 0 aromatic heterocycles. The summed E-state index contributed by atoms with van der Waals surface area (Å²) >= 11 is 0. The number of carbonyl (C=O) groups is 1. The molecule has 0 fully saturated rings. The highest BCUT2D eigenvalue weighted by molar-refractivity contribution is 5.79. The highest BCUT2D eigenvalue weighted by atomic mass is 16.5. The molecule has 0 radical (unpaired) electrons. The lowest BCUT2D eigenvalue weighted by Crippen LogP contribution is -2.05. The number of aliphatic carboxylic acids is 1. The lowest BCUT2D eigenvalue weighted by Gasteiger charge is -2.08. The molecule has 0 unspecified atom stereocenters. The van der Waals surface area contributed by atoms with Crippen molar-refractivity contribution in [2.45, 2.75) is 19.6 Å². The average molecular weight is 206 g/mol. The predicted molar refractivity (Wildman–Crippen MR) is 57.5 cm³/mol. The van der Waals surface area contributed by atoms with Crippen LogP contribution in [0.2, 0.25) is 0 Å². The quantitative estimate of drug-likeness (QED) is 0.751. The largest absolute Gasteiger partial charge is 0.478 e. The maximum absolute atomic E-state index is 10.2. The van der Waals surface area contributed by atoms with Crippen molar-refractivity contribution in [2.75, 3.05) is 0 Å². The maximum atomic E-state index is 10.2. The van der Waals surface area contributed by atoms with Crippen molar-refractivity contribution < 1.29 is 14.6 Å². The summed E-state index contributed by atoms with van der Waals surface area (Å²) in [6.45, 7) is 2.30. The smallest absolute Gasteiger partial charge is 0.328 e. The van der Waals surface area contributed by atoms with Crippen LogP contribution < -0.4 is 0 Å². The molecule has 0 aliphatic heterocycles. The van der Waals surface area contributed by atoms with Crippen molar-refractivity contribution in [2.24, 2.45) is 0 Å². The second kappa shape index (κ2) is 5.98. The highest BCUT2D eigenvalue weighted by Gasteiger charge is 1.98. The van der Waals surface area contributed by atoms with Gasteiger partial charge < -0.3 is 9.84 Å². The van der Waals surface area contributed by atoms with Crippen LogP contribution in [-0.4, -0.2) is 17.2 Å². The average Bonchev–Trinajstić information content (AvgIpc) is 2.25. The van der Waals surface area contributed by atoms with E-state index in [-0.39, 0.29) is 6.10 Å². The van der Waals surface area contributed by atoms with Crippen LogP contribution in [0.1, 0.15) is 12.5 Å². The second-order valence-electron chi connectivity index (χ2n) is 3.20. The first-order valence-electron chi connectivity index (χ1n) is 4.75. The minimum Gasteiger partial charge on any atom is -0.478 e. The third kappa shape index (κ3) is 4.98. The fourth-order valence-corrected chi connectivity index (χ4v) is 1.08. The van der Waals surface area contributed by atoms with E-state index in [1.54, 1.807) is 0 Å². The molecule has 15 heavy (non-hydrogen) atoms. The molecule has 1 rings (SSSR count). The summed E-state index contributed by atoms with van der Waals surface area (Å²) < 4.78 is 5.43. The van der Waals surface area contributed by atoms with Gasteiger partial charge in [0.2, 0.25) is 0 Å². The number of hydrogen-bond acceptors (Lipinski definition) is 2. The van der Waals surface area contributed by atoms with Gasteiger partial charge in [0.25, 0.3) is 0 Å². The van der Waals surface area contributed by atoms with Crippen LogP contribution in [0.4, 0.5) is 0 Å². The molecule has 0 saturated heterocycles. The standard InChI is InChI=1S/C12H14O3/c1-10(7-8-12(13)14)15-9-11-5-3-2-4-6-11/h2-8,10H,9H2,1H3,(H,13,14)/b8-7+/t10-/m0/s1. The molecule has 0 aliphatic carbocycles. The Labute approximate surface area is 89.0 Å². The van der Waals surface area contributed by atoms with Gasteiger partial charge in [0.1, 0.15) is 0 Å². The molecule has 0 heterocycles. The Kier molecular flexibility index (Phi) is 4.57. The zero-order valence-corrected chi connectivity index (χ0v) is 8.59. The minimum absolute atomic E-state index is 0.193. The van der Waals surface area contributed by atoms with Crippen LogP contribution in [0.3, 0.4) is 0 Å². The van der Waals surface area contributed by atoms with Gasteiger partial charge in [0, 0.05) is 6.08 Å². The van der Waals surface area contributed by atoms with E-state index in [1.165, 1.54) is 6.08 Å². The van der Waals surface area contributed by atoms with Gasteiger partial charge in [-0.25, -0.2) is 4.79 Å². The van der Waals surface area contributed by atoms with Crippen molar-refractivity contribution in [3.05, 3.63) is 48.0 Å². The Morgan fingerprint density at radius 2 is 2.13 bits per heavy atom. The highest BCUT2D eigenvalue weighted by Crippen LogP contribution is 2.03. The van der Waals surface area contributed by atoms with Gasteiger partial charge in [0.15, 0.2) is 0 Å². The number of carboxylic acids is 1. The summed E-state index contributed by atoms with van der Waals surface area (Å²) in [5.41, 5.74) is 1.08. The Bertz CT molecular complexity index is 330. The number of hydrogen-bond donors (Lipinski definition) is 1. The van der Waals surface area contributed by atoms with E-state index < -0.39 is 5.97 Å². The molecular weight excluding hydrogens is 192 g/mol. The lowest BCUT2D eigenvalue weighted by atomic mass is 10.2. The Morgan fingerprint density at radius 1 is 1.47 bits per heavy atom. The maximum Gasteiger partial charge on any atom is 0.328 e. The van der Waals surface area contributed by atoms with Crippen LogP contribution in [-0.2, 0) is 16.1 Å². The van der Waals surface area contributed by atoms with E-state index in [1.807, 2.05) is 37.3 Å². The van der Waals surface area contributed by atoms with Gasteiger partial charge in [-0.3, -0.25) is 0 Å². The molecule has 1 aromatic carbocycles. The molecule has 1 aromatic rings. The van der Waals surface area contributed by atoms with Gasteiger partial charge in [-0.05, 0) is 18.6 Å². The van der Waals surface area contributed by atoms with Crippen LogP contribution >= 0.6 is 0 Å². The van der Waals surface area contributed by atoms with Crippen molar-refractivity contribution in [3.63, 3.8) is 0 Å².